The minimum atomic E-state index is -0.227. The van der Waals surface area contributed by atoms with Gasteiger partial charge in [0.2, 0.25) is 5.69 Å². The molecule has 67 heavy (non-hydrogen) atoms. The Morgan fingerprint density at radius 2 is 0.910 bits per heavy atom. The highest BCUT2D eigenvalue weighted by atomic mass is 15.0. The molecule has 2 saturated carbocycles. The second-order valence-corrected chi connectivity index (χ2v) is 22.1. The lowest BCUT2D eigenvalue weighted by molar-refractivity contribution is 0.204. The Morgan fingerprint density at radius 3 is 1.39 bits per heavy atom. The fourth-order valence-corrected chi connectivity index (χ4v) is 15.7. The van der Waals surface area contributed by atoms with Crippen LogP contribution < -0.4 is 0 Å². The molecule has 0 atom stereocenters. The molecular weight excluding hydrogens is 813 g/mol. The monoisotopic (exact) mass is 866 g/mol. The first-order chi connectivity index (χ1) is 32.6. The Morgan fingerprint density at radius 1 is 0.478 bits per heavy atom. The number of rotatable bonds is 2. The fraction of sp³-hybridized carbons (Fsp3) is 0.302. The summed E-state index contributed by atoms with van der Waals surface area (Å²) >= 11 is 0. The third-order valence-electron chi connectivity index (χ3n) is 18.2. The van der Waals surface area contributed by atoms with Crippen LogP contribution in [0.2, 0.25) is 0 Å². The van der Waals surface area contributed by atoms with Gasteiger partial charge in [-0.05, 0) is 123 Å². The minimum Gasteiger partial charge on any atom is -0.319 e. The van der Waals surface area contributed by atoms with Crippen molar-refractivity contribution in [3.63, 3.8) is 0 Å². The number of nitriles is 1. The fourth-order valence-electron chi connectivity index (χ4n) is 15.7. The van der Waals surface area contributed by atoms with Gasteiger partial charge in [0, 0.05) is 32.4 Å². The summed E-state index contributed by atoms with van der Waals surface area (Å²) in [6.07, 6.45) is 12.7. The highest BCUT2D eigenvalue weighted by molar-refractivity contribution is 6.17. The number of benzene rings is 7. The van der Waals surface area contributed by atoms with E-state index in [9.17, 15) is 11.8 Å². The molecule has 4 nitrogen and oxygen atoms in total. The summed E-state index contributed by atoms with van der Waals surface area (Å²) in [5, 5.41) is 17.0. The lowest BCUT2D eigenvalue weighted by Gasteiger charge is -2.40. The van der Waals surface area contributed by atoms with Crippen LogP contribution in [0, 0.1) is 17.9 Å². The number of para-hydroxylation sites is 2. The summed E-state index contributed by atoms with van der Waals surface area (Å²) in [6, 6.07) is 48.0. The van der Waals surface area contributed by atoms with Crippen molar-refractivity contribution in [3.05, 3.63) is 172 Å². The molecule has 2 fully saturated rings. The third kappa shape index (κ3) is 4.77. The topological polar surface area (TPSA) is 38.0 Å². The normalized spacial score (nSPS) is 18.8. The first-order valence-corrected chi connectivity index (χ1v) is 25.0. The van der Waals surface area contributed by atoms with Crippen LogP contribution in [0.5, 0.6) is 0 Å². The molecule has 7 aromatic carbocycles. The molecule has 5 aliphatic rings. The van der Waals surface area contributed by atoms with Crippen molar-refractivity contribution in [2.75, 3.05) is 0 Å². The molecule has 14 rings (SSSR count). The van der Waals surface area contributed by atoms with Gasteiger partial charge in [-0.25, -0.2) is 4.85 Å². The number of hydrogen-bond acceptors (Lipinski definition) is 1. The zero-order chi connectivity index (χ0) is 45.2. The standard InChI is InChI=1S/C63H54N4/c1-60(2)45-24-12-8-20-38(45)40-28-30-49-51(53(40)60)42-22-10-14-26-47(42)66(49)58-44(36-64)57(65-5)59(56-55(58)62(32-16-6-17-33-62)37-63(56)34-18-7-19-35-63)67-48-27-15-11-23-43(48)52-50(67)31-29-41-39-21-9-13-25-46(39)61(3,4)54(41)52/h8-15,20-31H,6-7,16-19,32-35,37H2,1-4H3. The number of fused-ring (bicyclic) bond motifs is 17. The molecule has 4 heteroatoms. The van der Waals surface area contributed by atoms with Crippen LogP contribution in [0.15, 0.2) is 121 Å². The average Bonchev–Trinajstić information content (AvgIpc) is 4.08. The summed E-state index contributed by atoms with van der Waals surface area (Å²) in [5.41, 5.74) is 20.2. The van der Waals surface area contributed by atoms with E-state index in [0.29, 0.717) is 11.3 Å². The molecule has 0 bridgehead atoms. The van der Waals surface area contributed by atoms with Crippen LogP contribution in [-0.2, 0) is 21.7 Å². The smallest absolute Gasteiger partial charge is 0.230 e. The maximum atomic E-state index is 12.1. The Balaban J connectivity index is 1.18. The van der Waals surface area contributed by atoms with Crippen molar-refractivity contribution in [2.24, 2.45) is 0 Å². The molecule has 2 heterocycles. The molecule has 0 N–H and O–H groups in total. The maximum absolute atomic E-state index is 12.1. The van der Waals surface area contributed by atoms with Gasteiger partial charge in [0.25, 0.3) is 0 Å². The van der Waals surface area contributed by atoms with Gasteiger partial charge in [0.05, 0.1) is 51.6 Å². The quantitative estimate of drug-likeness (QED) is 0.160. The van der Waals surface area contributed by atoms with Crippen molar-refractivity contribution in [1.29, 1.82) is 5.26 Å². The Kier molecular flexibility index (Phi) is 7.86. The van der Waals surface area contributed by atoms with Crippen molar-refractivity contribution in [2.45, 2.75) is 120 Å². The van der Waals surface area contributed by atoms with Crippen LogP contribution in [0.1, 0.15) is 137 Å². The predicted molar refractivity (Wildman–Crippen MR) is 275 cm³/mol. The molecule has 0 amide bonds. The van der Waals surface area contributed by atoms with E-state index in [1.165, 1.54) is 116 Å². The van der Waals surface area contributed by atoms with E-state index in [0.717, 1.165) is 65.5 Å². The van der Waals surface area contributed by atoms with Crippen LogP contribution in [0.4, 0.5) is 5.69 Å². The van der Waals surface area contributed by atoms with Gasteiger partial charge in [-0.1, -0.05) is 163 Å². The van der Waals surface area contributed by atoms with Gasteiger partial charge in [0.1, 0.15) is 0 Å². The SMILES string of the molecule is [C-]#[N+]c1c(C#N)c(-n2c3ccccc3c3c4c(ccc32)-c2ccccc2C4(C)C)c2c(c1-n1c3ccccc3c3c4c(ccc31)-c1ccccc1C4(C)C)C1(CCCCC1)CC21CCCCC1. The molecule has 0 aliphatic heterocycles. The molecule has 0 saturated heterocycles. The van der Waals surface area contributed by atoms with Crippen LogP contribution >= 0.6 is 0 Å². The van der Waals surface area contributed by atoms with Crippen molar-refractivity contribution in [3.8, 4) is 39.7 Å². The first kappa shape index (κ1) is 39.3. The second kappa shape index (κ2) is 13.4. The highest BCUT2D eigenvalue weighted by Crippen LogP contribution is 2.66. The highest BCUT2D eigenvalue weighted by Gasteiger charge is 2.56. The minimum absolute atomic E-state index is 0.115. The van der Waals surface area contributed by atoms with Gasteiger partial charge in [-0.15, -0.1) is 0 Å². The van der Waals surface area contributed by atoms with E-state index in [2.05, 4.69) is 169 Å². The maximum Gasteiger partial charge on any atom is 0.230 e. The van der Waals surface area contributed by atoms with E-state index in [-0.39, 0.29) is 21.7 Å². The van der Waals surface area contributed by atoms with Crippen molar-refractivity contribution in [1.82, 2.24) is 9.13 Å². The van der Waals surface area contributed by atoms with Crippen LogP contribution in [0.3, 0.4) is 0 Å². The predicted octanol–water partition coefficient (Wildman–Crippen LogP) is 16.7. The Labute approximate surface area is 393 Å². The summed E-state index contributed by atoms with van der Waals surface area (Å²) in [6.45, 7) is 19.0. The van der Waals surface area contributed by atoms with E-state index < -0.39 is 0 Å². The van der Waals surface area contributed by atoms with Gasteiger partial charge < -0.3 is 9.13 Å². The molecule has 0 unspecified atom stereocenters. The summed E-state index contributed by atoms with van der Waals surface area (Å²) in [4.78, 5) is 4.67. The van der Waals surface area contributed by atoms with Crippen LogP contribution in [-0.4, -0.2) is 9.13 Å². The van der Waals surface area contributed by atoms with E-state index in [1.54, 1.807) is 0 Å². The molecule has 326 valence electrons. The zero-order valence-electron chi connectivity index (χ0n) is 39.1. The average molecular weight is 867 g/mol. The molecule has 5 aliphatic carbocycles. The Hall–Kier alpha value is -6.88. The second-order valence-electron chi connectivity index (χ2n) is 22.1. The third-order valence-corrected chi connectivity index (χ3v) is 18.2. The first-order valence-electron chi connectivity index (χ1n) is 25.0. The van der Waals surface area contributed by atoms with Crippen molar-refractivity contribution < 1.29 is 0 Å². The van der Waals surface area contributed by atoms with E-state index in [4.69, 9.17) is 0 Å². The molecule has 2 aromatic heterocycles. The molecule has 9 aromatic rings. The lowest BCUT2D eigenvalue weighted by Crippen LogP contribution is -2.32. The molecule has 0 radical (unpaired) electrons. The van der Waals surface area contributed by atoms with Gasteiger partial charge in [-0.2, -0.15) is 5.26 Å². The number of hydrogen-bond donors (Lipinski definition) is 0. The van der Waals surface area contributed by atoms with Crippen LogP contribution in [0.25, 0.3) is 82.1 Å². The summed E-state index contributed by atoms with van der Waals surface area (Å²) in [7, 11) is 0. The van der Waals surface area contributed by atoms with Gasteiger partial charge in [0.15, 0.2) is 0 Å². The van der Waals surface area contributed by atoms with E-state index in [1.807, 2.05) is 0 Å². The molecular formula is C63H54N4. The Bertz CT molecular complexity index is 3520. The summed E-state index contributed by atoms with van der Waals surface area (Å²) < 4.78 is 4.99. The van der Waals surface area contributed by atoms with Gasteiger partial charge >= 0.3 is 0 Å². The van der Waals surface area contributed by atoms with Gasteiger partial charge in [-0.3, -0.25) is 0 Å². The van der Waals surface area contributed by atoms with E-state index >= 15 is 0 Å². The molecule has 2 spiro atoms. The number of nitrogens with zero attached hydrogens (tertiary/aromatic N) is 4. The largest absolute Gasteiger partial charge is 0.319 e. The summed E-state index contributed by atoms with van der Waals surface area (Å²) in [5.74, 6) is 0. The lowest BCUT2D eigenvalue weighted by atomic mass is 9.64. The number of aromatic nitrogens is 2. The van der Waals surface area contributed by atoms with Crippen molar-refractivity contribution >= 4 is 49.3 Å². The zero-order valence-corrected chi connectivity index (χ0v) is 39.1.